The molecule has 1 saturated heterocycles. The van der Waals surface area contributed by atoms with Crippen LogP contribution in [-0.4, -0.2) is 28.4 Å². The average Bonchev–Trinajstić information content (AvgIpc) is 3.50. The number of aromatic nitrogens is 1. The molecule has 1 aliphatic carbocycles. The lowest BCUT2D eigenvalue weighted by Gasteiger charge is -2.13. The van der Waals surface area contributed by atoms with Gasteiger partial charge in [-0.2, -0.15) is 11.8 Å². The van der Waals surface area contributed by atoms with E-state index < -0.39 is 0 Å². The molecule has 2 heterocycles. The zero-order chi connectivity index (χ0) is 21.9. The molecule has 1 aromatic heterocycles. The second-order valence-corrected chi connectivity index (χ2v) is 10.0. The van der Waals surface area contributed by atoms with Crippen LogP contribution in [0, 0.1) is 12.8 Å². The van der Waals surface area contributed by atoms with Gasteiger partial charge in [0.1, 0.15) is 0 Å². The standard InChI is InChI=1S/C27H29N3OS/c1-18-25(30-27(31)22-8-6-20(7-9-22)5-4-19-2-3-19)11-10-23-14-21(16-29-26(18)23)15-28-24-12-13-32-17-24/h4-11,14,16,19,24,28H,2-3,12-13,15,17H2,1H3,(H,30,31)/b5-4+. The van der Waals surface area contributed by atoms with Crippen LogP contribution >= 0.6 is 11.8 Å². The Balaban J connectivity index is 1.26. The Kier molecular flexibility index (Phi) is 6.28. The molecule has 0 spiro atoms. The van der Waals surface area contributed by atoms with Gasteiger partial charge in [0, 0.05) is 41.2 Å². The molecule has 5 rings (SSSR count). The molecule has 0 bridgehead atoms. The number of fused-ring (bicyclic) bond motifs is 1. The SMILES string of the molecule is Cc1c(NC(=O)c2ccc(/C=C/C3CC3)cc2)ccc2cc(CNC3CCSC3)cnc12. The second-order valence-electron chi connectivity index (χ2n) is 8.87. The Morgan fingerprint density at radius 3 is 2.75 bits per heavy atom. The molecule has 164 valence electrons. The van der Waals surface area contributed by atoms with Crippen LogP contribution in [0.25, 0.3) is 17.0 Å². The minimum atomic E-state index is -0.0968. The molecular formula is C27H29N3OS. The smallest absolute Gasteiger partial charge is 0.255 e. The van der Waals surface area contributed by atoms with Gasteiger partial charge in [-0.05, 0) is 78.8 Å². The van der Waals surface area contributed by atoms with Crippen molar-refractivity contribution in [2.24, 2.45) is 5.92 Å². The number of nitrogens with zero attached hydrogens (tertiary/aromatic N) is 1. The van der Waals surface area contributed by atoms with Crippen LogP contribution < -0.4 is 10.6 Å². The maximum atomic E-state index is 12.8. The highest BCUT2D eigenvalue weighted by molar-refractivity contribution is 7.99. The fourth-order valence-electron chi connectivity index (χ4n) is 4.06. The summed E-state index contributed by atoms with van der Waals surface area (Å²) < 4.78 is 0. The number of nitrogens with one attached hydrogen (secondary N) is 2. The molecule has 1 unspecified atom stereocenters. The average molecular weight is 444 g/mol. The molecule has 2 fully saturated rings. The number of rotatable bonds is 7. The van der Waals surface area contributed by atoms with Gasteiger partial charge in [-0.3, -0.25) is 9.78 Å². The zero-order valence-electron chi connectivity index (χ0n) is 18.4. The summed E-state index contributed by atoms with van der Waals surface area (Å²) in [6.45, 7) is 2.86. The van der Waals surface area contributed by atoms with E-state index in [1.165, 1.54) is 36.3 Å². The number of amides is 1. The van der Waals surface area contributed by atoms with E-state index in [0.717, 1.165) is 40.2 Å². The number of aryl methyl sites for hydroxylation is 1. The van der Waals surface area contributed by atoms with E-state index in [0.29, 0.717) is 11.6 Å². The summed E-state index contributed by atoms with van der Waals surface area (Å²) in [6, 6.07) is 14.6. The van der Waals surface area contributed by atoms with Crippen LogP contribution in [0.2, 0.25) is 0 Å². The highest BCUT2D eigenvalue weighted by Crippen LogP contribution is 2.31. The lowest BCUT2D eigenvalue weighted by atomic mass is 10.1. The van der Waals surface area contributed by atoms with E-state index in [4.69, 9.17) is 4.98 Å². The van der Waals surface area contributed by atoms with Gasteiger partial charge >= 0.3 is 0 Å². The van der Waals surface area contributed by atoms with Crippen molar-refractivity contribution in [2.75, 3.05) is 16.8 Å². The van der Waals surface area contributed by atoms with Crippen molar-refractivity contribution in [1.82, 2.24) is 10.3 Å². The van der Waals surface area contributed by atoms with E-state index in [1.54, 1.807) is 0 Å². The predicted octanol–water partition coefficient (Wildman–Crippen LogP) is 5.81. The number of thioether (sulfide) groups is 1. The van der Waals surface area contributed by atoms with E-state index in [-0.39, 0.29) is 5.91 Å². The van der Waals surface area contributed by atoms with E-state index in [2.05, 4.69) is 28.9 Å². The third kappa shape index (κ3) is 5.05. The summed E-state index contributed by atoms with van der Waals surface area (Å²) in [5, 5.41) is 7.80. The molecule has 2 aromatic carbocycles. The molecule has 2 N–H and O–H groups in total. The minimum Gasteiger partial charge on any atom is -0.322 e. The van der Waals surface area contributed by atoms with Crippen molar-refractivity contribution in [3.05, 3.63) is 77.0 Å². The summed E-state index contributed by atoms with van der Waals surface area (Å²) in [5.41, 5.74) is 5.72. The first-order valence-electron chi connectivity index (χ1n) is 11.4. The van der Waals surface area contributed by atoms with Gasteiger partial charge in [0.2, 0.25) is 0 Å². The highest BCUT2D eigenvalue weighted by atomic mass is 32.2. The van der Waals surface area contributed by atoms with E-state index in [9.17, 15) is 4.79 Å². The molecule has 3 aromatic rings. The quantitative estimate of drug-likeness (QED) is 0.484. The van der Waals surface area contributed by atoms with Crippen LogP contribution in [0.1, 0.15) is 46.3 Å². The van der Waals surface area contributed by atoms with Crippen LogP contribution in [-0.2, 0) is 6.54 Å². The van der Waals surface area contributed by atoms with Crippen molar-refractivity contribution in [3.63, 3.8) is 0 Å². The first kappa shape index (κ1) is 21.2. The molecule has 0 radical (unpaired) electrons. The van der Waals surface area contributed by atoms with Gasteiger partial charge in [0.15, 0.2) is 0 Å². The summed E-state index contributed by atoms with van der Waals surface area (Å²) in [4.78, 5) is 17.5. The zero-order valence-corrected chi connectivity index (χ0v) is 19.3. The Morgan fingerprint density at radius 1 is 1.16 bits per heavy atom. The van der Waals surface area contributed by atoms with Gasteiger partial charge in [-0.15, -0.1) is 0 Å². The summed E-state index contributed by atoms with van der Waals surface area (Å²) in [5.74, 6) is 3.10. The maximum Gasteiger partial charge on any atom is 0.255 e. The largest absolute Gasteiger partial charge is 0.322 e. The van der Waals surface area contributed by atoms with Gasteiger partial charge < -0.3 is 10.6 Å². The van der Waals surface area contributed by atoms with Gasteiger partial charge in [-0.25, -0.2) is 0 Å². The third-order valence-electron chi connectivity index (χ3n) is 6.29. The number of carbonyl (C=O) groups excluding carboxylic acids is 1. The van der Waals surface area contributed by atoms with Crippen LogP contribution in [0.5, 0.6) is 0 Å². The van der Waals surface area contributed by atoms with Crippen molar-refractivity contribution in [2.45, 2.75) is 38.8 Å². The van der Waals surface area contributed by atoms with Gasteiger partial charge in [0.25, 0.3) is 5.91 Å². The highest BCUT2D eigenvalue weighted by Gasteiger charge is 2.17. The van der Waals surface area contributed by atoms with Crippen molar-refractivity contribution < 1.29 is 4.79 Å². The monoisotopic (exact) mass is 443 g/mol. The molecular weight excluding hydrogens is 414 g/mol. The molecule has 4 nitrogen and oxygen atoms in total. The lowest BCUT2D eigenvalue weighted by Crippen LogP contribution is -2.27. The molecule has 1 saturated carbocycles. The maximum absolute atomic E-state index is 12.8. The number of allylic oxidation sites excluding steroid dienone is 1. The van der Waals surface area contributed by atoms with E-state index in [1.807, 2.05) is 61.3 Å². The molecule has 2 aliphatic rings. The van der Waals surface area contributed by atoms with E-state index >= 15 is 0 Å². The number of hydrogen-bond acceptors (Lipinski definition) is 4. The Hall–Kier alpha value is -2.63. The third-order valence-corrected chi connectivity index (χ3v) is 7.45. The van der Waals surface area contributed by atoms with Crippen LogP contribution in [0.15, 0.2) is 54.7 Å². The number of pyridine rings is 1. The molecule has 1 atom stereocenters. The topological polar surface area (TPSA) is 54.0 Å². The number of hydrogen-bond donors (Lipinski definition) is 2. The van der Waals surface area contributed by atoms with Gasteiger partial charge in [0.05, 0.1) is 5.52 Å². The predicted molar refractivity (Wildman–Crippen MR) is 135 cm³/mol. The summed E-state index contributed by atoms with van der Waals surface area (Å²) >= 11 is 2.02. The molecule has 32 heavy (non-hydrogen) atoms. The summed E-state index contributed by atoms with van der Waals surface area (Å²) in [7, 11) is 0. The van der Waals surface area contributed by atoms with Crippen LogP contribution in [0.3, 0.4) is 0 Å². The first-order chi connectivity index (χ1) is 15.7. The molecule has 5 heteroatoms. The Bertz CT molecular complexity index is 1150. The Morgan fingerprint density at radius 2 is 2.00 bits per heavy atom. The molecule has 1 aliphatic heterocycles. The normalized spacial score (nSPS) is 18.5. The van der Waals surface area contributed by atoms with Crippen molar-refractivity contribution in [1.29, 1.82) is 0 Å². The number of benzene rings is 2. The van der Waals surface area contributed by atoms with Crippen molar-refractivity contribution >= 4 is 40.3 Å². The summed E-state index contributed by atoms with van der Waals surface area (Å²) in [6.07, 6.45) is 10.2. The minimum absolute atomic E-state index is 0.0968. The van der Waals surface area contributed by atoms with Crippen molar-refractivity contribution in [3.8, 4) is 0 Å². The van der Waals surface area contributed by atoms with Gasteiger partial charge in [-0.1, -0.05) is 30.4 Å². The number of anilines is 1. The fraction of sp³-hybridized carbons (Fsp3) is 0.333. The second kappa shape index (κ2) is 9.47. The lowest BCUT2D eigenvalue weighted by molar-refractivity contribution is 0.102. The van der Waals surface area contributed by atoms with Crippen LogP contribution in [0.4, 0.5) is 5.69 Å². The fourth-order valence-corrected chi connectivity index (χ4v) is 5.25. The Labute approximate surface area is 193 Å². The first-order valence-corrected chi connectivity index (χ1v) is 12.6. The number of carbonyl (C=O) groups is 1. The molecule has 1 amide bonds.